The van der Waals surface area contributed by atoms with Crippen molar-refractivity contribution in [1.29, 1.82) is 0 Å². The molecule has 2 aromatic heterocycles. The number of benzene rings is 1. The Kier molecular flexibility index (Phi) is 22.4. The number of nitrogens with one attached hydrogen (secondary N) is 2. The molecule has 0 bridgehead atoms. The summed E-state index contributed by atoms with van der Waals surface area (Å²) in [5, 5.41) is 2.97. The van der Waals surface area contributed by atoms with Gasteiger partial charge in [-0.3, -0.25) is 19.2 Å². The number of piperazine rings is 1. The largest absolute Gasteiger partial charge is 0.465 e. The molecule has 0 unspecified atom stereocenters. The number of amides is 1. The molecule has 2 fully saturated rings. The van der Waals surface area contributed by atoms with Crippen LogP contribution in [0.15, 0.2) is 29.1 Å². The third-order valence-electron chi connectivity index (χ3n) is 12.3. The van der Waals surface area contributed by atoms with Gasteiger partial charge >= 0.3 is 17.7 Å². The molecule has 17 heteroatoms. The van der Waals surface area contributed by atoms with Gasteiger partial charge in [-0.15, -0.1) is 0 Å². The Bertz CT molecular complexity index is 1880. The Labute approximate surface area is 381 Å². The average Bonchev–Trinajstić information content (AvgIpc) is 3.61. The second kappa shape index (κ2) is 28.2. The summed E-state index contributed by atoms with van der Waals surface area (Å²) in [5.74, 6) is -0.248. The van der Waals surface area contributed by atoms with E-state index in [0.29, 0.717) is 55.8 Å². The lowest BCUT2D eigenvalue weighted by molar-refractivity contribution is -0.116. The number of unbranched alkanes of at least 4 members (excludes halogenated alkanes) is 3. The lowest BCUT2D eigenvalue weighted by Crippen LogP contribution is -2.47. The van der Waals surface area contributed by atoms with Crippen molar-refractivity contribution < 1.29 is 23.8 Å². The summed E-state index contributed by atoms with van der Waals surface area (Å²) < 4.78 is 18.1. The van der Waals surface area contributed by atoms with Crippen LogP contribution < -0.4 is 15.7 Å². The van der Waals surface area contributed by atoms with Crippen molar-refractivity contribution in [1.82, 2.24) is 48.9 Å². The van der Waals surface area contributed by atoms with Crippen LogP contribution in [0.3, 0.4) is 0 Å². The van der Waals surface area contributed by atoms with E-state index < -0.39 is 0 Å². The van der Waals surface area contributed by atoms with Gasteiger partial charge in [0.2, 0.25) is 5.91 Å². The van der Waals surface area contributed by atoms with E-state index in [4.69, 9.17) is 14.2 Å². The predicted molar refractivity (Wildman–Crippen MR) is 253 cm³/mol. The smallest absolute Gasteiger partial charge is 0.337 e. The highest BCUT2D eigenvalue weighted by Gasteiger charge is 2.20. The number of H-pyrrole nitrogens is 1. The zero-order chi connectivity index (χ0) is 45.5. The van der Waals surface area contributed by atoms with E-state index in [1.807, 2.05) is 18.2 Å². The fourth-order valence-electron chi connectivity index (χ4n) is 8.48. The van der Waals surface area contributed by atoms with E-state index in [2.05, 4.69) is 77.7 Å². The van der Waals surface area contributed by atoms with Gasteiger partial charge in [0.25, 0.3) is 0 Å². The number of esters is 1. The first-order valence-corrected chi connectivity index (χ1v) is 24.0. The molecule has 64 heavy (non-hydrogen) atoms. The quantitative estimate of drug-likeness (QED) is 0.0729. The molecule has 358 valence electrons. The van der Waals surface area contributed by atoms with E-state index in [9.17, 15) is 14.4 Å². The Hall–Kier alpha value is -3.97. The van der Waals surface area contributed by atoms with Crippen LogP contribution in [0, 0.1) is 0 Å². The van der Waals surface area contributed by atoms with E-state index in [0.717, 1.165) is 123 Å². The highest BCUT2D eigenvalue weighted by Crippen LogP contribution is 2.22. The Morgan fingerprint density at radius 3 is 2.14 bits per heavy atom. The number of methoxy groups -OCH3 is 1. The fraction of sp³-hybridized carbons (Fsp3) is 0.723. The number of hydrogen-bond acceptors (Lipinski definition) is 14. The number of aryl methyl sites for hydroxylation is 1. The van der Waals surface area contributed by atoms with Crippen LogP contribution in [0.25, 0.3) is 11.2 Å². The second-order valence-corrected chi connectivity index (χ2v) is 17.8. The minimum atomic E-state index is -0.360. The molecule has 0 saturated carbocycles. The van der Waals surface area contributed by atoms with Crippen molar-refractivity contribution in [2.45, 2.75) is 84.2 Å². The number of nitrogens with zero attached hydrogens (tertiary/aromatic N) is 9. The number of carbonyl (C=O) groups is 2. The number of imidazole rings is 1. The fourth-order valence-corrected chi connectivity index (χ4v) is 8.48. The third kappa shape index (κ3) is 17.8. The van der Waals surface area contributed by atoms with Gasteiger partial charge in [-0.25, -0.2) is 9.59 Å². The third-order valence-corrected chi connectivity index (χ3v) is 12.3. The summed E-state index contributed by atoms with van der Waals surface area (Å²) in [5.41, 5.74) is 2.03. The molecule has 2 aliphatic rings. The predicted octanol–water partition coefficient (Wildman–Crippen LogP) is 4.09. The maximum Gasteiger partial charge on any atom is 0.337 e. The summed E-state index contributed by atoms with van der Waals surface area (Å²) in [6.45, 7) is 19.8. The Morgan fingerprint density at radius 1 is 0.797 bits per heavy atom. The van der Waals surface area contributed by atoms with Gasteiger partial charge in [0.05, 0.1) is 32.5 Å². The molecule has 0 radical (unpaired) electrons. The van der Waals surface area contributed by atoms with E-state index in [-0.39, 0.29) is 29.4 Å². The van der Waals surface area contributed by atoms with Gasteiger partial charge in [0.15, 0.2) is 11.5 Å². The highest BCUT2D eigenvalue weighted by molar-refractivity contribution is 5.97. The second-order valence-electron chi connectivity index (χ2n) is 17.8. The molecule has 0 spiro atoms. The van der Waals surface area contributed by atoms with Crippen LogP contribution in [0.1, 0.15) is 87.1 Å². The molecule has 5 rings (SSSR count). The number of morpholine rings is 1. The molecule has 0 aliphatic carbocycles. The molecule has 2 N–H and O–H groups in total. The SMILES string of the molecule is CCCCOc1nc(NC(=O)CCCCCN(C)CCCN2CCN(CCCN(C)C)CC2)c2[nH]c(=O)n(CCCN(CCCN3CCOCC3)Cc3cccc(C(=O)OC)c3)c2n1. The normalized spacial score (nSPS) is 15.5. The molecule has 2 aliphatic heterocycles. The highest BCUT2D eigenvalue weighted by atomic mass is 16.5. The number of aromatic nitrogens is 4. The van der Waals surface area contributed by atoms with Gasteiger partial charge in [-0.1, -0.05) is 31.9 Å². The number of rotatable bonds is 30. The molecule has 1 amide bonds. The summed E-state index contributed by atoms with van der Waals surface area (Å²) in [4.78, 5) is 65.9. The minimum Gasteiger partial charge on any atom is -0.465 e. The zero-order valence-electron chi connectivity index (χ0n) is 39.8. The van der Waals surface area contributed by atoms with Crippen LogP contribution in [0.5, 0.6) is 6.01 Å². The summed E-state index contributed by atoms with van der Waals surface area (Å²) in [6.07, 6.45) is 8.94. The molecule has 4 heterocycles. The van der Waals surface area contributed by atoms with E-state index >= 15 is 0 Å². The van der Waals surface area contributed by atoms with Gasteiger partial charge in [0.1, 0.15) is 5.52 Å². The minimum absolute atomic E-state index is 0.139. The summed E-state index contributed by atoms with van der Waals surface area (Å²) in [6, 6.07) is 7.70. The lowest BCUT2D eigenvalue weighted by atomic mass is 10.1. The van der Waals surface area contributed by atoms with Gasteiger partial charge in [0, 0.05) is 65.3 Å². The molecule has 17 nitrogen and oxygen atoms in total. The van der Waals surface area contributed by atoms with Crippen molar-refractivity contribution >= 4 is 28.9 Å². The zero-order valence-corrected chi connectivity index (χ0v) is 39.8. The van der Waals surface area contributed by atoms with Crippen molar-refractivity contribution in [2.75, 3.05) is 145 Å². The topological polar surface area (TPSA) is 157 Å². The number of anilines is 1. The van der Waals surface area contributed by atoms with Crippen molar-refractivity contribution in [3.8, 4) is 6.01 Å². The maximum atomic E-state index is 13.5. The number of carbonyl (C=O) groups excluding carboxylic acids is 2. The first kappa shape index (κ1) is 51.0. The van der Waals surface area contributed by atoms with Gasteiger partial charge in [-0.2, -0.15) is 9.97 Å². The standard InChI is InChI=1S/C47H79N11O6/c1-6-7-34-64-46-50-43(48-41(59)18-9-8-10-20-53(4)21-13-23-55-30-28-54(29-31-55)22-12-19-52(2)3)42-44(51-46)58(47(61)49-42)27-15-26-57(25-14-24-56-32-35-63-36-33-56)38-39-16-11-17-40(37-39)45(60)62-5/h11,16-17,37H,6-10,12-15,18-36,38H2,1-5H3,(H,49,61)(H,48,50,51,59). The van der Waals surface area contributed by atoms with Crippen LogP contribution >= 0.6 is 0 Å². The van der Waals surface area contributed by atoms with Crippen molar-refractivity contribution in [3.05, 3.63) is 45.9 Å². The van der Waals surface area contributed by atoms with Crippen LogP contribution in [-0.2, 0) is 27.4 Å². The maximum absolute atomic E-state index is 13.5. The molecular formula is C47H79N11O6. The summed E-state index contributed by atoms with van der Waals surface area (Å²) in [7, 11) is 7.87. The van der Waals surface area contributed by atoms with Crippen LogP contribution in [-0.4, -0.2) is 200 Å². The van der Waals surface area contributed by atoms with Crippen LogP contribution in [0.2, 0.25) is 0 Å². The molecule has 3 aromatic rings. The Morgan fingerprint density at radius 2 is 1.45 bits per heavy atom. The van der Waals surface area contributed by atoms with Crippen molar-refractivity contribution in [2.24, 2.45) is 0 Å². The first-order chi connectivity index (χ1) is 31.1. The van der Waals surface area contributed by atoms with E-state index in [1.54, 1.807) is 10.6 Å². The Balaban J connectivity index is 1.10. The summed E-state index contributed by atoms with van der Waals surface area (Å²) >= 11 is 0. The number of aromatic amines is 1. The van der Waals surface area contributed by atoms with E-state index in [1.165, 1.54) is 39.6 Å². The van der Waals surface area contributed by atoms with Gasteiger partial charge in [-0.05, 0) is 130 Å². The monoisotopic (exact) mass is 894 g/mol. The molecular weight excluding hydrogens is 815 g/mol. The molecule has 1 aromatic carbocycles. The molecule has 2 saturated heterocycles. The number of hydrogen-bond donors (Lipinski definition) is 2. The van der Waals surface area contributed by atoms with Crippen LogP contribution in [0.4, 0.5) is 5.82 Å². The number of ether oxygens (including phenoxy) is 3. The molecule has 0 atom stereocenters. The first-order valence-electron chi connectivity index (χ1n) is 24.0. The lowest BCUT2D eigenvalue weighted by Gasteiger charge is -2.35. The van der Waals surface area contributed by atoms with Crippen molar-refractivity contribution in [3.63, 3.8) is 0 Å². The average molecular weight is 894 g/mol. The number of fused-ring (bicyclic) bond motifs is 1. The van der Waals surface area contributed by atoms with Gasteiger partial charge < -0.3 is 44.1 Å².